The normalized spacial score (nSPS) is 11.5. The molecule has 0 aliphatic carbocycles. The van der Waals surface area contributed by atoms with E-state index in [9.17, 15) is 0 Å². The van der Waals surface area contributed by atoms with Crippen molar-refractivity contribution in [1.82, 2.24) is 19.5 Å². The number of imidazole rings is 1. The number of aromatic nitrogens is 4. The fourth-order valence-electron chi connectivity index (χ4n) is 1.46. The van der Waals surface area contributed by atoms with E-state index in [1.165, 1.54) is 0 Å². The Morgan fingerprint density at radius 3 is 2.71 bits per heavy atom. The molecule has 0 unspecified atom stereocenters. The number of nitrogens with zero attached hydrogens (tertiary/aromatic N) is 4. The minimum Gasteiger partial charge on any atom is -0.314 e. The highest BCUT2D eigenvalue weighted by molar-refractivity contribution is 9.10. The largest absolute Gasteiger partial charge is 0.314 e. The molecule has 0 saturated heterocycles. The highest BCUT2D eigenvalue weighted by Gasteiger charge is 2.12. The molecule has 0 saturated carbocycles. The van der Waals surface area contributed by atoms with Gasteiger partial charge < -0.3 is 4.57 Å². The molecule has 0 spiro atoms. The number of fused-ring (bicyclic) bond motifs is 1. The van der Waals surface area contributed by atoms with Crippen LogP contribution in [0.5, 0.6) is 0 Å². The van der Waals surface area contributed by atoms with Crippen molar-refractivity contribution in [2.24, 2.45) is 7.05 Å². The third-order valence-corrected chi connectivity index (χ3v) is 2.49. The summed E-state index contributed by atoms with van der Waals surface area (Å²) in [6, 6.07) is 0. The molecular weight excluding hydrogens is 244 g/mol. The van der Waals surface area contributed by atoms with Crippen LogP contribution in [0.15, 0.2) is 10.8 Å². The number of hydrogen-bond acceptors (Lipinski definition) is 3. The van der Waals surface area contributed by atoms with Crippen molar-refractivity contribution in [3.63, 3.8) is 0 Å². The summed E-state index contributed by atoms with van der Waals surface area (Å²) < 4.78 is 2.72. The Labute approximate surface area is 90.5 Å². The van der Waals surface area contributed by atoms with Crippen LogP contribution in [-0.2, 0) is 7.05 Å². The summed E-state index contributed by atoms with van der Waals surface area (Å²) in [5.41, 5.74) is 1.53. The van der Waals surface area contributed by atoms with Gasteiger partial charge in [-0.3, -0.25) is 0 Å². The third-order valence-electron chi connectivity index (χ3n) is 2.10. The van der Waals surface area contributed by atoms with Crippen LogP contribution in [0.4, 0.5) is 0 Å². The molecule has 4 nitrogen and oxygen atoms in total. The molecule has 2 heterocycles. The predicted molar refractivity (Wildman–Crippen MR) is 58.1 cm³/mol. The third kappa shape index (κ3) is 1.41. The summed E-state index contributed by atoms with van der Waals surface area (Å²) in [5.74, 6) is 1.40. The Morgan fingerprint density at radius 1 is 1.36 bits per heavy atom. The van der Waals surface area contributed by atoms with Gasteiger partial charge >= 0.3 is 0 Å². The maximum Gasteiger partial charge on any atom is 0.197 e. The van der Waals surface area contributed by atoms with E-state index < -0.39 is 0 Å². The molecule has 0 radical (unpaired) electrons. The molecular formula is C9H11BrN4. The van der Waals surface area contributed by atoms with Crippen LogP contribution >= 0.6 is 15.9 Å². The van der Waals surface area contributed by atoms with Crippen LogP contribution in [0.2, 0.25) is 0 Å². The average molecular weight is 255 g/mol. The Balaban J connectivity index is 2.74. The second-order valence-electron chi connectivity index (χ2n) is 3.52. The molecule has 0 N–H and O–H groups in total. The summed E-state index contributed by atoms with van der Waals surface area (Å²) in [7, 11) is 1.96. The number of halogens is 1. The van der Waals surface area contributed by atoms with Gasteiger partial charge in [-0.05, 0) is 15.9 Å². The fraction of sp³-hybridized carbons (Fsp3) is 0.444. The molecule has 0 aromatic carbocycles. The van der Waals surface area contributed by atoms with E-state index in [4.69, 9.17) is 0 Å². The molecule has 0 bridgehead atoms. The molecule has 0 atom stereocenters. The van der Waals surface area contributed by atoms with E-state index in [-0.39, 0.29) is 0 Å². The zero-order valence-electron chi connectivity index (χ0n) is 8.32. The van der Waals surface area contributed by atoms with E-state index in [0.717, 1.165) is 16.1 Å². The van der Waals surface area contributed by atoms with Crippen molar-refractivity contribution in [3.8, 4) is 0 Å². The lowest BCUT2D eigenvalue weighted by Gasteiger charge is -2.03. The van der Waals surface area contributed by atoms with Crippen LogP contribution in [0.25, 0.3) is 11.3 Å². The first-order chi connectivity index (χ1) is 6.59. The first kappa shape index (κ1) is 9.58. The summed E-state index contributed by atoms with van der Waals surface area (Å²) >= 11 is 3.30. The molecule has 0 aliphatic rings. The van der Waals surface area contributed by atoms with E-state index in [2.05, 4.69) is 44.7 Å². The quantitative estimate of drug-likeness (QED) is 0.784. The van der Waals surface area contributed by atoms with Crippen LogP contribution < -0.4 is 0 Å². The Kier molecular flexibility index (Phi) is 2.26. The van der Waals surface area contributed by atoms with Gasteiger partial charge in [0.2, 0.25) is 0 Å². The topological polar surface area (TPSA) is 43.6 Å². The van der Waals surface area contributed by atoms with Crippen LogP contribution in [0, 0.1) is 0 Å². The average Bonchev–Trinajstić information content (AvgIpc) is 2.44. The van der Waals surface area contributed by atoms with Gasteiger partial charge in [-0.1, -0.05) is 13.8 Å². The SMILES string of the molecule is CC(C)c1nc2ncc(Br)nc2n1C. The van der Waals surface area contributed by atoms with Crippen LogP contribution in [0.1, 0.15) is 25.6 Å². The van der Waals surface area contributed by atoms with Crippen molar-refractivity contribution in [1.29, 1.82) is 0 Å². The zero-order valence-corrected chi connectivity index (χ0v) is 9.91. The molecule has 5 heteroatoms. The van der Waals surface area contributed by atoms with E-state index in [1.807, 2.05) is 11.6 Å². The first-order valence-electron chi connectivity index (χ1n) is 4.44. The first-order valence-corrected chi connectivity index (χ1v) is 5.23. The van der Waals surface area contributed by atoms with E-state index >= 15 is 0 Å². The van der Waals surface area contributed by atoms with Gasteiger partial charge in [0.05, 0.1) is 6.20 Å². The zero-order chi connectivity index (χ0) is 10.3. The summed E-state index contributed by atoms with van der Waals surface area (Å²) in [4.78, 5) is 13.0. The van der Waals surface area contributed by atoms with Crippen molar-refractivity contribution >= 4 is 27.2 Å². The maximum atomic E-state index is 4.42. The lowest BCUT2D eigenvalue weighted by molar-refractivity contribution is 0.719. The highest BCUT2D eigenvalue weighted by Crippen LogP contribution is 2.18. The smallest absolute Gasteiger partial charge is 0.197 e. The fourth-order valence-corrected chi connectivity index (χ4v) is 1.73. The monoisotopic (exact) mass is 254 g/mol. The van der Waals surface area contributed by atoms with Gasteiger partial charge in [-0.2, -0.15) is 0 Å². The summed E-state index contributed by atoms with van der Waals surface area (Å²) in [5, 5.41) is 0. The van der Waals surface area contributed by atoms with Gasteiger partial charge in [0.1, 0.15) is 10.4 Å². The molecule has 2 aromatic rings. The maximum absolute atomic E-state index is 4.42. The van der Waals surface area contributed by atoms with Crippen molar-refractivity contribution in [2.45, 2.75) is 19.8 Å². The molecule has 14 heavy (non-hydrogen) atoms. The molecule has 74 valence electrons. The van der Waals surface area contributed by atoms with Gasteiger partial charge in [-0.25, -0.2) is 15.0 Å². The van der Waals surface area contributed by atoms with Crippen molar-refractivity contribution < 1.29 is 0 Å². The van der Waals surface area contributed by atoms with Crippen molar-refractivity contribution in [2.75, 3.05) is 0 Å². The minimum absolute atomic E-state index is 0.384. The number of hydrogen-bond donors (Lipinski definition) is 0. The molecule has 2 aromatic heterocycles. The summed E-state index contributed by atoms with van der Waals surface area (Å²) in [6.45, 7) is 4.21. The Hall–Kier alpha value is -0.970. The molecule has 0 aliphatic heterocycles. The minimum atomic E-state index is 0.384. The lowest BCUT2D eigenvalue weighted by atomic mass is 10.2. The summed E-state index contributed by atoms with van der Waals surface area (Å²) in [6.07, 6.45) is 1.67. The standard InChI is InChI=1S/C9H11BrN4/c1-5(2)8-13-7-9(14(8)3)12-6(10)4-11-7/h4-5H,1-3H3. The molecule has 2 rings (SSSR count). The van der Waals surface area contributed by atoms with E-state index in [0.29, 0.717) is 11.6 Å². The molecule has 0 fully saturated rings. The van der Waals surface area contributed by atoms with Gasteiger partial charge in [-0.15, -0.1) is 0 Å². The second-order valence-corrected chi connectivity index (χ2v) is 4.34. The Morgan fingerprint density at radius 2 is 2.07 bits per heavy atom. The van der Waals surface area contributed by atoms with Gasteiger partial charge in [0.15, 0.2) is 11.3 Å². The van der Waals surface area contributed by atoms with Gasteiger partial charge in [0, 0.05) is 13.0 Å². The second kappa shape index (κ2) is 3.31. The highest BCUT2D eigenvalue weighted by atomic mass is 79.9. The number of rotatable bonds is 1. The van der Waals surface area contributed by atoms with Gasteiger partial charge in [0.25, 0.3) is 0 Å². The lowest BCUT2D eigenvalue weighted by Crippen LogP contribution is -2.00. The predicted octanol–water partition coefficient (Wildman–Crippen LogP) is 2.25. The molecule has 0 amide bonds. The number of aryl methyl sites for hydroxylation is 1. The van der Waals surface area contributed by atoms with Crippen molar-refractivity contribution in [3.05, 3.63) is 16.6 Å². The van der Waals surface area contributed by atoms with Crippen LogP contribution in [0.3, 0.4) is 0 Å². The Bertz CT molecular complexity index is 475. The van der Waals surface area contributed by atoms with Crippen LogP contribution in [-0.4, -0.2) is 19.5 Å². The van der Waals surface area contributed by atoms with E-state index in [1.54, 1.807) is 6.20 Å².